The summed E-state index contributed by atoms with van der Waals surface area (Å²) in [4.78, 5) is 14.8. The molecule has 5 heteroatoms. The highest BCUT2D eigenvalue weighted by atomic mass is 16.5. The monoisotopic (exact) mass is 382 g/mol. The van der Waals surface area contributed by atoms with E-state index in [1.807, 2.05) is 49.1 Å². The van der Waals surface area contributed by atoms with Gasteiger partial charge in [-0.1, -0.05) is 23.3 Å². The average molecular weight is 383 g/mol. The number of rotatable bonds is 6. The zero-order valence-electron chi connectivity index (χ0n) is 17.2. The van der Waals surface area contributed by atoms with Crippen LogP contribution in [-0.4, -0.2) is 44.2 Å². The second-order valence-electron chi connectivity index (χ2n) is 7.50. The fourth-order valence-corrected chi connectivity index (χ4v) is 3.82. The highest BCUT2D eigenvalue weighted by Gasteiger charge is 2.23. The number of amides is 1. The first-order chi connectivity index (χ1) is 13.5. The van der Waals surface area contributed by atoms with Crippen LogP contribution in [-0.2, 0) is 6.54 Å². The molecule has 1 heterocycles. The number of carbonyl (C=O) groups is 1. The lowest BCUT2D eigenvalue weighted by Crippen LogP contribution is -2.44. The molecule has 0 spiro atoms. The molecule has 3 rings (SSSR count). The molecule has 0 aliphatic carbocycles. The smallest absolute Gasteiger partial charge is 0.253 e. The summed E-state index contributed by atoms with van der Waals surface area (Å²) in [5, 5.41) is 3.61. The first kappa shape index (κ1) is 20.2. The van der Waals surface area contributed by atoms with E-state index in [1.165, 1.54) is 0 Å². The van der Waals surface area contributed by atoms with Crippen molar-refractivity contribution in [2.75, 3.05) is 27.3 Å². The summed E-state index contributed by atoms with van der Waals surface area (Å²) in [6.07, 6.45) is 1.91. The first-order valence-corrected chi connectivity index (χ1v) is 9.82. The number of hydrogen-bond donors (Lipinski definition) is 1. The zero-order valence-corrected chi connectivity index (χ0v) is 17.2. The Morgan fingerprint density at radius 3 is 2.32 bits per heavy atom. The Morgan fingerprint density at radius 1 is 1.04 bits per heavy atom. The second-order valence-corrected chi connectivity index (χ2v) is 7.50. The molecular weight excluding hydrogens is 352 g/mol. The van der Waals surface area contributed by atoms with E-state index in [-0.39, 0.29) is 5.91 Å². The summed E-state index contributed by atoms with van der Waals surface area (Å²) < 4.78 is 10.7. The average Bonchev–Trinajstić information content (AvgIpc) is 2.71. The van der Waals surface area contributed by atoms with Crippen molar-refractivity contribution in [3.63, 3.8) is 0 Å². The van der Waals surface area contributed by atoms with Gasteiger partial charge in [-0.2, -0.15) is 0 Å². The molecule has 1 aliphatic rings. The molecule has 0 unspecified atom stereocenters. The van der Waals surface area contributed by atoms with Gasteiger partial charge < -0.3 is 19.7 Å². The molecule has 1 saturated heterocycles. The Labute approximate surface area is 167 Å². The van der Waals surface area contributed by atoms with E-state index in [2.05, 4.69) is 11.4 Å². The van der Waals surface area contributed by atoms with Crippen LogP contribution in [0.25, 0.3) is 0 Å². The molecule has 1 amide bonds. The Hall–Kier alpha value is -2.53. The number of aryl methyl sites for hydroxylation is 2. The molecule has 28 heavy (non-hydrogen) atoms. The number of piperidine rings is 1. The van der Waals surface area contributed by atoms with Crippen molar-refractivity contribution in [2.24, 2.45) is 0 Å². The van der Waals surface area contributed by atoms with Crippen molar-refractivity contribution in [2.45, 2.75) is 39.3 Å². The van der Waals surface area contributed by atoms with Crippen molar-refractivity contribution in [3.05, 3.63) is 58.7 Å². The zero-order chi connectivity index (χ0) is 20.1. The quantitative estimate of drug-likeness (QED) is 0.827. The van der Waals surface area contributed by atoms with Crippen LogP contribution in [0.3, 0.4) is 0 Å². The Balaban J connectivity index is 1.54. The minimum Gasteiger partial charge on any atom is -0.497 e. The molecular formula is C23H30N2O3. The van der Waals surface area contributed by atoms with Crippen molar-refractivity contribution >= 4 is 5.91 Å². The van der Waals surface area contributed by atoms with Gasteiger partial charge in [0.05, 0.1) is 14.2 Å². The topological polar surface area (TPSA) is 50.8 Å². The summed E-state index contributed by atoms with van der Waals surface area (Å²) in [6.45, 7) is 6.37. The minimum absolute atomic E-state index is 0.141. The molecule has 0 saturated carbocycles. The Bertz CT molecular complexity index is 806. The Kier molecular flexibility index (Phi) is 6.57. The highest BCUT2D eigenvalue weighted by Crippen LogP contribution is 2.25. The van der Waals surface area contributed by atoms with Gasteiger partial charge in [-0.25, -0.2) is 0 Å². The van der Waals surface area contributed by atoms with Crippen LogP contribution >= 0.6 is 0 Å². The molecule has 150 valence electrons. The normalized spacial score (nSPS) is 14.8. The third-order valence-electron chi connectivity index (χ3n) is 5.33. The lowest BCUT2D eigenvalue weighted by molar-refractivity contribution is 0.0704. The molecule has 1 N–H and O–H groups in total. The first-order valence-electron chi connectivity index (χ1n) is 9.82. The summed E-state index contributed by atoms with van der Waals surface area (Å²) in [5.41, 5.74) is 4.17. The molecule has 5 nitrogen and oxygen atoms in total. The highest BCUT2D eigenvalue weighted by molar-refractivity contribution is 5.94. The Morgan fingerprint density at radius 2 is 1.71 bits per heavy atom. The van der Waals surface area contributed by atoms with E-state index in [9.17, 15) is 4.79 Å². The summed E-state index contributed by atoms with van der Waals surface area (Å²) >= 11 is 0. The SMILES string of the molecule is COc1ccc(CNC2CCN(C(=O)c3cc(C)cc(C)c3)CC2)c(OC)c1. The van der Waals surface area contributed by atoms with Crippen molar-refractivity contribution in [1.82, 2.24) is 10.2 Å². The number of carbonyl (C=O) groups excluding carboxylic acids is 1. The van der Waals surface area contributed by atoms with Gasteiger partial charge >= 0.3 is 0 Å². The summed E-state index contributed by atoms with van der Waals surface area (Å²) in [7, 11) is 3.33. The van der Waals surface area contributed by atoms with Crippen LogP contribution in [0, 0.1) is 13.8 Å². The molecule has 0 atom stereocenters. The largest absolute Gasteiger partial charge is 0.497 e. The van der Waals surface area contributed by atoms with Gasteiger partial charge in [0.15, 0.2) is 0 Å². The minimum atomic E-state index is 0.141. The number of likely N-dealkylation sites (tertiary alicyclic amines) is 1. The second kappa shape index (κ2) is 9.11. The molecule has 1 fully saturated rings. The number of nitrogens with zero attached hydrogens (tertiary/aromatic N) is 1. The van der Waals surface area contributed by atoms with Crippen LogP contribution in [0.4, 0.5) is 0 Å². The maximum absolute atomic E-state index is 12.8. The maximum atomic E-state index is 12.8. The van der Waals surface area contributed by atoms with Gasteiger partial charge in [0.1, 0.15) is 11.5 Å². The van der Waals surface area contributed by atoms with Gasteiger partial charge in [0, 0.05) is 42.9 Å². The van der Waals surface area contributed by atoms with Crippen LogP contribution in [0.2, 0.25) is 0 Å². The van der Waals surface area contributed by atoms with Crippen LogP contribution < -0.4 is 14.8 Å². The predicted molar refractivity (Wildman–Crippen MR) is 111 cm³/mol. The molecule has 0 radical (unpaired) electrons. The van der Waals surface area contributed by atoms with Crippen LogP contribution in [0.1, 0.15) is 39.9 Å². The van der Waals surface area contributed by atoms with E-state index in [1.54, 1.807) is 14.2 Å². The van der Waals surface area contributed by atoms with Crippen molar-refractivity contribution < 1.29 is 14.3 Å². The van der Waals surface area contributed by atoms with Gasteiger partial charge in [0.25, 0.3) is 5.91 Å². The summed E-state index contributed by atoms with van der Waals surface area (Å²) in [6, 6.07) is 12.3. The fraction of sp³-hybridized carbons (Fsp3) is 0.435. The third-order valence-corrected chi connectivity index (χ3v) is 5.33. The molecule has 2 aromatic rings. The van der Waals surface area contributed by atoms with Gasteiger partial charge in [0.2, 0.25) is 0 Å². The number of hydrogen-bond acceptors (Lipinski definition) is 4. The number of ether oxygens (including phenoxy) is 2. The lowest BCUT2D eigenvalue weighted by Gasteiger charge is -2.33. The van der Waals surface area contributed by atoms with Crippen molar-refractivity contribution in [3.8, 4) is 11.5 Å². The van der Waals surface area contributed by atoms with E-state index >= 15 is 0 Å². The van der Waals surface area contributed by atoms with Gasteiger partial charge in [-0.3, -0.25) is 4.79 Å². The number of methoxy groups -OCH3 is 2. The number of nitrogens with one attached hydrogen (secondary N) is 1. The van der Waals surface area contributed by atoms with Gasteiger partial charge in [-0.05, 0) is 44.9 Å². The van der Waals surface area contributed by atoms with Crippen LogP contribution in [0.15, 0.2) is 36.4 Å². The molecule has 1 aliphatic heterocycles. The van der Waals surface area contributed by atoms with E-state index < -0.39 is 0 Å². The lowest BCUT2D eigenvalue weighted by atomic mass is 10.0. The molecule has 0 aromatic heterocycles. The number of benzene rings is 2. The van der Waals surface area contributed by atoms with E-state index in [4.69, 9.17) is 9.47 Å². The standard InChI is InChI=1S/C23H30N2O3/c1-16-11-17(2)13-19(12-16)23(26)25-9-7-20(8-10-25)24-15-18-5-6-21(27-3)14-22(18)28-4/h5-6,11-14,20,24H,7-10,15H2,1-4H3. The summed E-state index contributed by atoms with van der Waals surface area (Å²) in [5.74, 6) is 1.76. The molecule has 2 aromatic carbocycles. The predicted octanol–water partition coefficient (Wildman–Crippen LogP) is 3.72. The molecule has 0 bridgehead atoms. The van der Waals surface area contributed by atoms with Gasteiger partial charge in [-0.15, -0.1) is 0 Å². The van der Waals surface area contributed by atoms with E-state index in [0.29, 0.717) is 6.04 Å². The maximum Gasteiger partial charge on any atom is 0.253 e. The van der Waals surface area contributed by atoms with Crippen molar-refractivity contribution in [1.29, 1.82) is 0 Å². The van der Waals surface area contributed by atoms with E-state index in [0.717, 1.165) is 66.2 Å². The third kappa shape index (κ3) is 4.84. The fourth-order valence-electron chi connectivity index (χ4n) is 3.82. The van der Waals surface area contributed by atoms with Crippen LogP contribution in [0.5, 0.6) is 11.5 Å².